The van der Waals surface area contributed by atoms with E-state index in [1.807, 2.05) is 12.1 Å². The number of hydrogen-bond acceptors (Lipinski definition) is 2. The smallest absolute Gasteiger partial charge is 0.123 e. The number of aryl methyl sites for hydroxylation is 1. The summed E-state index contributed by atoms with van der Waals surface area (Å²) in [5.74, 6) is 0.996. The summed E-state index contributed by atoms with van der Waals surface area (Å²) >= 11 is 0. The number of aliphatic hydroxyl groups excluding tert-OH is 1. The minimum atomic E-state index is -0.283. The van der Waals surface area contributed by atoms with Crippen molar-refractivity contribution >= 4 is 0 Å². The highest BCUT2D eigenvalue weighted by Gasteiger charge is 2.24. The van der Waals surface area contributed by atoms with Gasteiger partial charge in [0.15, 0.2) is 0 Å². The lowest BCUT2D eigenvalue weighted by atomic mass is 10.0. The molecule has 1 aliphatic rings. The van der Waals surface area contributed by atoms with Crippen molar-refractivity contribution in [1.29, 1.82) is 0 Å². The van der Waals surface area contributed by atoms with Gasteiger partial charge in [0.2, 0.25) is 0 Å². The third-order valence-electron chi connectivity index (χ3n) is 2.70. The number of aliphatic hydroxyl groups is 1. The molecule has 0 fully saturated rings. The average molecular weight is 192 g/mol. The third-order valence-corrected chi connectivity index (χ3v) is 2.70. The summed E-state index contributed by atoms with van der Waals surface area (Å²) in [6.45, 7) is 3.91. The lowest BCUT2D eigenvalue weighted by molar-refractivity contribution is 0.118. The maximum Gasteiger partial charge on any atom is 0.123 e. The van der Waals surface area contributed by atoms with Crippen molar-refractivity contribution in [2.45, 2.75) is 38.9 Å². The van der Waals surface area contributed by atoms with Crippen molar-refractivity contribution in [2.24, 2.45) is 0 Å². The molecule has 0 saturated heterocycles. The molecule has 0 saturated carbocycles. The summed E-state index contributed by atoms with van der Waals surface area (Å²) in [6, 6.07) is 6.12. The fourth-order valence-corrected chi connectivity index (χ4v) is 2.01. The number of hydrogen-bond donors (Lipinski definition) is 1. The fraction of sp³-hybridized carbons (Fsp3) is 0.500. The Kier molecular flexibility index (Phi) is 2.46. The second-order valence-corrected chi connectivity index (χ2v) is 4.08. The average Bonchev–Trinajstić information content (AvgIpc) is 2.47. The summed E-state index contributed by atoms with van der Waals surface area (Å²) < 4.78 is 5.74. The Morgan fingerprint density at radius 1 is 1.57 bits per heavy atom. The first-order valence-corrected chi connectivity index (χ1v) is 5.10. The van der Waals surface area contributed by atoms with E-state index in [9.17, 15) is 5.11 Å². The number of benzene rings is 1. The van der Waals surface area contributed by atoms with E-state index in [2.05, 4.69) is 13.0 Å². The minimum absolute atomic E-state index is 0.158. The SMILES string of the molecule is Cc1cccc2c1CC(CC(C)O)O2. The molecule has 1 heterocycles. The van der Waals surface area contributed by atoms with Gasteiger partial charge in [-0.2, -0.15) is 0 Å². The van der Waals surface area contributed by atoms with Crippen LogP contribution >= 0.6 is 0 Å². The van der Waals surface area contributed by atoms with Crippen LogP contribution in [0.5, 0.6) is 5.75 Å². The van der Waals surface area contributed by atoms with E-state index >= 15 is 0 Å². The molecule has 2 rings (SSSR count). The summed E-state index contributed by atoms with van der Waals surface area (Å²) in [5, 5.41) is 9.28. The van der Waals surface area contributed by atoms with Crippen LogP contribution in [0.1, 0.15) is 24.5 Å². The molecule has 0 aromatic heterocycles. The van der Waals surface area contributed by atoms with Crippen molar-refractivity contribution in [3.63, 3.8) is 0 Å². The van der Waals surface area contributed by atoms with Crippen LogP contribution in [0.3, 0.4) is 0 Å². The minimum Gasteiger partial charge on any atom is -0.490 e. The van der Waals surface area contributed by atoms with Gasteiger partial charge in [-0.05, 0) is 25.5 Å². The summed E-state index contributed by atoms with van der Waals surface area (Å²) in [6.07, 6.45) is 1.53. The van der Waals surface area contributed by atoms with Crippen LogP contribution in [0.25, 0.3) is 0 Å². The second kappa shape index (κ2) is 3.62. The van der Waals surface area contributed by atoms with Crippen LogP contribution in [0, 0.1) is 6.92 Å². The quantitative estimate of drug-likeness (QED) is 0.777. The Labute approximate surface area is 84.5 Å². The second-order valence-electron chi connectivity index (χ2n) is 4.08. The van der Waals surface area contributed by atoms with Crippen LogP contribution < -0.4 is 4.74 Å². The van der Waals surface area contributed by atoms with Crippen molar-refractivity contribution in [2.75, 3.05) is 0 Å². The Balaban J connectivity index is 2.14. The van der Waals surface area contributed by atoms with Gasteiger partial charge in [-0.1, -0.05) is 12.1 Å². The normalized spacial score (nSPS) is 21.5. The number of rotatable bonds is 2. The highest BCUT2D eigenvalue weighted by atomic mass is 16.5. The molecular weight excluding hydrogens is 176 g/mol. The van der Waals surface area contributed by atoms with E-state index < -0.39 is 0 Å². The van der Waals surface area contributed by atoms with E-state index in [1.54, 1.807) is 6.92 Å². The first kappa shape index (κ1) is 9.53. The predicted molar refractivity (Wildman–Crippen MR) is 55.6 cm³/mol. The topological polar surface area (TPSA) is 29.5 Å². The summed E-state index contributed by atoms with van der Waals surface area (Å²) in [4.78, 5) is 0. The highest BCUT2D eigenvalue weighted by molar-refractivity contribution is 5.42. The summed E-state index contributed by atoms with van der Waals surface area (Å²) in [5.41, 5.74) is 2.59. The monoisotopic (exact) mass is 192 g/mol. The van der Waals surface area contributed by atoms with Gasteiger partial charge in [-0.3, -0.25) is 0 Å². The molecule has 1 N–H and O–H groups in total. The zero-order valence-corrected chi connectivity index (χ0v) is 8.66. The first-order valence-electron chi connectivity index (χ1n) is 5.10. The molecule has 1 aromatic carbocycles. The van der Waals surface area contributed by atoms with E-state index in [1.165, 1.54) is 11.1 Å². The summed E-state index contributed by atoms with van der Waals surface area (Å²) in [7, 11) is 0. The van der Waals surface area contributed by atoms with Crippen LogP contribution in [-0.2, 0) is 6.42 Å². The molecule has 1 aromatic rings. The molecule has 0 spiro atoms. The fourth-order valence-electron chi connectivity index (χ4n) is 2.01. The third kappa shape index (κ3) is 1.75. The van der Waals surface area contributed by atoms with Gasteiger partial charge in [0.1, 0.15) is 11.9 Å². The van der Waals surface area contributed by atoms with Crippen molar-refractivity contribution < 1.29 is 9.84 Å². The van der Waals surface area contributed by atoms with Gasteiger partial charge < -0.3 is 9.84 Å². The van der Waals surface area contributed by atoms with Gasteiger partial charge in [0, 0.05) is 18.4 Å². The van der Waals surface area contributed by atoms with Gasteiger partial charge in [-0.25, -0.2) is 0 Å². The van der Waals surface area contributed by atoms with E-state index in [0.717, 1.165) is 12.2 Å². The van der Waals surface area contributed by atoms with Crippen molar-refractivity contribution in [3.05, 3.63) is 29.3 Å². The van der Waals surface area contributed by atoms with Crippen LogP contribution in [-0.4, -0.2) is 17.3 Å². The highest BCUT2D eigenvalue weighted by Crippen LogP contribution is 2.32. The zero-order chi connectivity index (χ0) is 10.1. The predicted octanol–water partition coefficient (Wildman–Crippen LogP) is 2.07. The van der Waals surface area contributed by atoms with E-state index in [4.69, 9.17) is 4.74 Å². The molecule has 0 aliphatic carbocycles. The molecular formula is C12H16O2. The van der Waals surface area contributed by atoms with Gasteiger partial charge >= 0.3 is 0 Å². The Bertz CT molecular complexity index is 331. The molecule has 14 heavy (non-hydrogen) atoms. The molecule has 1 aliphatic heterocycles. The van der Waals surface area contributed by atoms with Crippen LogP contribution in [0.2, 0.25) is 0 Å². The van der Waals surface area contributed by atoms with Crippen molar-refractivity contribution in [3.8, 4) is 5.75 Å². The Hall–Kier alpha value is -1.02. The molecule has 76 valence electrons. The van der Waals surface area contributed by atoms with E-state index in [-0.39, 0.29) is 12.2 Å². The lowest BCUT2D eigenvalue weighted by Gasteiger charge is -2.11. The standard InChI is InChI=1S/C12H16O2/c1-8-4-3-5-12-11(8)7-10(14-12)6-9(2)13/h3-5,9-10,13H,6-7H2,1-2H3. The lowest BCUT2D eigenvalue weighted by Crippen LogP contribution is -2.19. The molecule has 2 nitrogen and oxygen atoms in total. The van der Waals surface area contributed by atoms with Gasteiger partial charge in [0.05, 0.1) is 6.10 Å². The Morgan fingerprint density at radius 2 is 2.36 bits per heavy atom. The number of ether oxygens (including phenoxy) is 1. The maximum atomic E-state index is 9.28. The van der Waals surface area contributed by atoms with Gasteiger partial charge in [0.25, 0.3) is 0 Å². The van der Waals surface area contributed by atoms with Crippen LogP contribution in [0.4, 0.5) is 0 Å². The largest absolute Gasteiger partial charge is 0.490 e. The number of fused-ring (bicyclic) bond motifs is 1. The molecule has 0 amide bonds. The zero-order valence-electron chi connectivity index (χ0n) is 8.66. The van der Waals surface area contributed by atoms with Gasteiger partial charge in [-0.15, -0.1) is 0 Å². The molecule has 2 unspecified atom stereocenters. The maximum absolute atomic E-state index is 9.28. The first-order chi connectivity index (χ1) is 6.66. The molecule has 0 radical (unpaired) electrons. The molecule has 2 heteroatoms. The van der Waals surface area contributed by atoms with E-state index in [0.29, 0.717) is 6.42 Å². The van der Waals surface area contributed by atoms with Crippen LogP contribution in [0.15, 0.2) is 18.2 Å². The molecule has 2 atom stereocenters. The Morgan fingerprint density at radius 3 is 3.00 bits per heavy atom. The van der Waals surface area contributed by atoms with Crippen molar-refractivity contribution in [1.82, 2.24) is 0 Å². The molecule has 0 bridgehead atoms.